The van der Waals surface area contributed by atoms with Crippen molar-refractivity contribution in [3.05, 3.63) is 82.7 Å². The Morgan fingerprint density at radius 3 is 2.54 bits per heavy atom. The van der Waals surface area contributed by atoms with Crippen molar-refractivity contribution in [3.63, 3.8) is 0 Å². The van der Waals surface area contributed by atoms with Gasteiger partial charge in [0.1, 0.15) is 0 Å². The van der Waals surface area contributed by atoms with E-state index in [1.165, 1.54) is 29.2 Å². The first-order chi connectivity index (χ1) is 16.9. The Morgan fingerprint density at radius 2 is 1.80 bits per heavy atom. The zero-order chi connectivity index (χ0) is 24.4. The van der Waals surface area contributed by atoms with Gasteiger partial charge in [0.15, 0.2) is 11.0 Å². The van der Waals surface area contributed by atoms with Crippen LogP contribution in [0.2, 0.25) is 0 Å². The first-order valence-electron chi connectivity index (χ1n) is 11.1. The van der Waals surface area contributed by atoms with Gasteiger partial charge < -0.3 is 4.90 Å². The van der Waals surface area contributed by atoms with Gasteiger partial charge in [-0.2, -0.15) is 13.2 Å². The Bertz CT molecular complexity index is 1330. The number of nitrogens with zero attached hydrogens (tertiary/aromatic N) is 4. The first-order valence-corrected chi connectivity index (χ1v) is 13.0. The molecule has 0 saturated carbocycles. The lowest BCUT2D eigenvalue weighted by molar-refractivity contribution is -0.137. The summed E-state index contributed by atoms with van der Waals surface area (Å²) in [6.07, 6.45) is -2.45. The number of thiophene rings is 1. The highest BCUT2D eigenvalue weighted by molar-refractivity contribution is 7.98. The molecular formula is C25H21F3N4OS2. The molecule has 0 unspecified atom stereocenters. The summed E-state index contributed by atoms with van der Waals surface area (Å²) in [5.41, 5.74) is 1.09. The van der Waals surface area contributed by atoms with Gasteiger partial charge in [0.25, 0.3) is 5.91 Å². The van der Waals surface area contributed by atoms with Gasteiger partial charge in [-0.1, -0.05) is 42.1 Å². The van der Waals surface area contributed by atoms with Crippen molar-refractivity contribution < 1.29 is 18.0 Å². The standard InChI is InChI=1S/C25H21F3N4OS2/c26-25(27,28)18-8-5-9-19(15-18)32-22(21-11-6-14-34-21)29-30-24(32)35-16-17-7-1-2-10-20(17)23(33)31-12-3-4-13-31/h1-2,5-11,14-15H,3-4,12-13,16H2. The van der Waals surface area contributed by atoms with Crippen molar-refractivity contribution in [2.75, 3.05) is 13.1 Å². The van der Waals surface area contributed by atoms with Crippen molar-refractivity contribution in [3.8, 4) is 16.4 Å². The molecule has 4 aromatic rings. The summed E-state index contributed by atoms with van der Waals surface area (Å²) in [6, 6.07) is 16.3. The molecular weight excluding hydrogens is 493 g/mol. The lowest BCUT2D eigenvalue weighted by Crippen LogP contribution is -2.28. The minimum Gasteiger partial charge on any atom is -0.339 e. The molecule has 1 fully saturated rings. The number of alkyl halides is 3. The summed E-state index contributed by atoms with van der Waals surface area (Å²) >= 11 is 2.78. The smallest absolute Gasteiger partial charge is 0.339 e. The molecule has 5 nitrogen and oxygen atoms in total. The summed E-state index contributed by atoms with van der Waals surface area (Å²) < 4.78 is 41.9. The van der Waals surface area contributed by atoms with E-state index in [2.05, 4.69) is 10.2 Å². The van der Waals surface area contributed by atoms with Gasteiger partial charge in [-0.05, 0) is 54.1 Å². The molecule has 10 heteroatoms. The number of aromatic nitrogens is 3. The number of amides is 1. The van der Waals surface area contributed by atoms with Crippen LogP contribution in [0.5, 0.6) is 0 Å². The van der Waals surface area contributed by atoms with Crippen LogP contribution in [0.15, 0.2) is 71.2 Å². The van der Waals surface area contributed by atoms with Crippen molar-refractivity contribution in [1.82, 2.24) is 19.7 Å². The Kier molecular flexibility index (Phi) is 6.66. The van der Waals surface area contributed by atoms with Gasteiger partial charge >= 0.3 is 6.18 Å². The maximum Gasteiger partial charge on any atom is 0.416 e. The van der Waals surface area contributed by atoms with Gasteiger partial charge in [-0.25, -0.2) is 0 Å². The van der Waals surface area contributed by atoms with E-state index in [1.54, 1.807) is 10.6 Å². The van der Waals surface area contributed by atoms with Crippen LogP contribution in [0.25, 0.3) is 16.4 Å². The largest absolute Gasteiger partial charge is 0.416 e. The zero-order valence-corrected chi connectivity index (χ0v) is 20.2. The predicted octanol–water partition coefficient (Wildman–Crippen LogP) is 6.54. The molecule has 1 saturated heterocycles. The summed E-state index contributed by atoms with van der Waals surface area (Å²) in [5.74, 6) is 0.915. The maximum atomic E-state index is 13.4. The molecule has 0 atom stereocenters. The lowest BCUT2D eigenvalue weighted by Gasteiger charge is -2.17. The highest BCUT2D eigenvalue weighted by Gasteiger charge is 2.31. The number of benzene rings is 2. The molecule has 3 heterocycles. The molecule has 1 aliphatic rings. The van der Waals surface area contributed by atoms with Crippen LogP contribution in [0.4, 0.5) is 13.2 Å². The third-order valence-corrected chi connectivity index (χ3v) is 7.65. The molecule has 0 aliphatic carbocycles. The second-order valence-corrected chi connectivity index (χ2v) is 10.0. The number of hydrogen-bond acceptors (Lipinski definition) is 5. The van der Waals surface area contributed by atoms with E-state index in [-0.39, 0.29) is 5.91 Å². The minimum atomic E-state index is -4.46. The van der Waals surface area contributed by atoms with Gasteiger partial charge in [0, 0.05) is 24.4 Å². The Hall–Kier alpha value is -3.11. The molecule has 2 aromatic carbocycles. The topological polar surface area (TPSA) is 51.0 Å². The molecule has 35 heavy (non-hydrogen) atoms. The normalized spacial score (nSPS) is 14.0. The monoisotopic (exact) mass is 514 g/mol. The van der Waals surface area contributed by atoms with Crippen LogP contribution in [-0.2, 0) is 11.9 Å². The van der Waals surface area contributed by atoms with Crippen LogP contribution >= 0.6 is 23.1 Å². The van der Waals surface area contributed by atoms with Crippen LogP contribution in [0.3, 0.4) is 0 Å². The Labute approximate surface area is 208 Å². The Morgan fingerprint density at radius 1 is 1.00 bits per heavy atom. The quantitative estimate of drug-likeness (QED) is 0.274. The maximum absolute atomic E-state index is 13.4. The van der Waals surface area contributed by atoms with E-state index in [9.17, 15) is 18.0 Å². The summed E-state index contributed by atoms with van der Waals surface area (Å²) in [7, 11) is 0. The number of carbonyl (C=O) groups is 1. The average Bonchev–Trinajstić information content (AvgIpc) is 3.63. The SMILES string of the molecule is O=C(c1ccccc1CSc1nnc(-c2cccs2)n1-c1cccc(C(F)(F)F)c1)N1CCCC1. The van der Waals surface area contributed by atoms with E-state index in [1.807, 2.05) is 46.7 Å². The molecule has 180 valence electrons. The summed E-state index contributed by atoms with van der Waals surface area (Å²) in [4.78, 5) is 15.7. The molecule has 1 amide bonds. The fourth-order valence-electron chi connectivity index (χ4n) is 4.07. The second-order valence-electron chi connectivity index (χ2n) is 8.11. The van der Waals surface area contributed by atoms with Gasteiger partial charge in [0.2, 0.25) is 0 Å². The molecule has 0 N–H and O–H groups in total. The minimum absolute atomic E-state index is 0.0114. The summed E-state index contributed by atoms with van der Waals surface area (Å²) in [6.45, 7) is 1.52. The third-order valence-electron chi connectivity index (χ3n) is 5.80. The molecule has 2 aromatic heterocycles. The second kappa shape index (κ2) is 9.87. The first kappa shape index (κ1) is 23.6. The van der Waals surface area contributed by atoms with Crippen molar-refractivity contribution in [2.45, 2.75) is 29.9 Å². The van der Waals surface area contributed by atoms with Gasteiger partial charge in [0.05, 0.1) is 16.1 Å². The summed E-state index contributed by atoms with van der Waals surface area (Å²) in [5, 5.41) is 11.0. The molecule has 0 bridgehead atoms. The fourth-order valence-corrected chi connectivity index (χ4v) is 5.72. The average molecular weight is 515 g/mol. The van der Waals surface area contributed by atoms with E-state index in [0.717, 1.165) is 48.5 Å². The molecule has 0 spiro atoms. The highest BCUT2D eigenvalue weighted by atomic mass is 32.2. The number of hydrogen-bond donors (Lipinski definition) is 0. The van der Waals surface area contributed by atoms with Gasteiger partial charge in [-0.3, -0.25) is 9.36 Å². The van der Waals surface area contributed by atoms with E-state index >= 15 is 0 Å². The predicted molar refractivity (Wildman–Crippen MR) is 131 cm³/mol. The fraction of sp³-hybridized carbons (Fsp3) is 0.240. The number of likely N-dealkylation sites (tertiary alicyclic amines) is 1. The highest BCUT2D eigenvalue weighted by Crippen LogP contribution is 2.35. The number of halogens is 3. The molecule has 0 radical (unpaired) electrons. The third kappa shape index (κ3) is 4.99. The van der Waals surface area contributed by atoms with E-state index in [4.69, 9.17) is 0 Å². The van der Waals surface area contributed by atoms with E-state index in [0.29, 0.717) is 28.0 Å². The number of carbonyl (C=O) groups excluding carboxylic acids is 1. The van der Waals surface area contributed by atoms with Gasteiger partial charge in [-0.15, -0.1) is 21.5 Å². The number of thioether (sulfide) groups is 1. The molecule has 5 rings (SSSR count). The van der Waals surface area contributed by atoms with Crippen molar-refractivity contribution >= 4 is 29.0 Å². The number of rotatable bonds is 6. The molecule has 1 aliphatic heterocycles. The van der Waals surface area contributed by atoms with Crippen molar-refractivity contribution in [2.24, 2.45) is 0 Å². The lowest BCUT2D eigenvalue weighted by atomic mass is 10.1. The zero-order valence-electron chi connectivity index (χ0n) is 18.5. The Balaban J connectivity index is 1.49. The van der Waals surface area contributed by atoms with Crippen molar-refractivity contribution in [1.29, 1.82) is 0 Å². The van der Waals surface area contributed by atoms with E-state index < -0.39 is 11.7 Å². The van der Waals surface area contributed by atoms with Crippen LogP contribution < -0.4 is 0 Å². The van der Waals surface area contributed by atoms with Crippen LogP contribution in [0.1, 0.15) is 34.3 Å². The van der Waals surface area contributed by atoms with Crippen LogP contribution in [0, 0.1) is 0 Å². The van der Waals surface area contributed by atoms with Crippen LogP contribution in [-0.4, -0.2) is 38.7 Å².